The van der Waals surface area contributed by atoms with E-state index in [4.69, 9.17) is 0 Å². The molecule has 7 heteroatoms. The van der Waals surface area contributed by atoms with E-state index in [0.717, 1.165) is 41.4 Å². The first kappa shape index (κ1) is 21.8. The van der Waals surface area contributed by atoms with Crippen LogP contribution in [-0.4, -0.2) is 41.8 Å². The lowest BCUT2D eigenvalue weighted by Crippen LogP contribution is -2.35. The highest BCUT2D eigenvalue weighted by atomic mass is 32.2. The molecule has 3 atom stereocenters. The van der Waals surface area contributed by atoms with Gasteiger partial charge in [-0.15, -0.1) is 0 Å². The standard InChI is InChI=1S/C26H27N3O3S/c1-33(31,32)21-9-5-8-19(16-21)26-28-22-12-10-17(15-24(22)29-26)14-20-11-13-23(27-20)25(30)18-6-3-2-4-7-18/h2-10,12,15-16,20,23,25,27,30H,11,13-14H2,1H3,(H,28,29)/t20-,23+,25+/m0/s1. The smallest absolute Gasteiger partial charge is 0.175 e. The molecule has 1 aliphatic rings. The van der Waals surface area contributed by atoms with Gasteiger partial charge in [-0.2, -0.15) is 0 Å². The summed E-state index contributed by atoms with van der Waals surface area (Å²) in [5, 5.41) is 14.3. The van der Waals surface area contributed by atoms with Crippen LogP contribution < -0.4 is 5.32 Å². The third-order valence-electron chi connectivity index (χ3n) is 6.36. The van der Waals surface area contributed by atoms with E-state index in [1.54, 1.807) is 18.2 Å². The van der Waals surface area contributed by atoms with Crippen molar-refractivity contribution >= 4 is 20.9 Å². The molecule has 0 saturated carbocycles. The molecule has 2 heterocycles. The topological polar surface area (TPSA) is 95.1 Å². The molecule has 0 amide bonds. The molecular weight excluding hydrogens is 434 g/mol. The fourth-order valence-corrected chi connectivity index (χ4v) is 5.29. The summed E-state index contributed by atoms with van der Waals surface area (Å²) < 4.78 is 23.8. The molecule has 5 rings (SSSR count). The van der Waals surface area contributed by atoms with Crippen LogP contribution in [-0.2, 0) is 16.3 Å². The van der Waals surface area contributed by atoms with Gasteiger partial charge in [0.25, 0.3) is 0 Å². The summed E-state index contributed by atoms with van der Waals surface area (Å²) in [6.07, 6.45) is 3.52. The molecule has 4 aromatic rings. The largest absolute Gasteiger partial charge is 0.387 e. The summed E-state index contributed by atoms with van der Waals surface area (Å²) in [7, 11) is -3.28. The van der Waals surface area contributed by atoms with Crippen molar-refractivity contribution in [3.63, 3.8) is 0 Å². The van der Waals surface area contributed by atoms with Crippen molar-refractivity contribution in [2.24, 2.45) is 0 Å². The third-order valence-corrected chi connectivity index (χ3v) is 7.47. The van der Waals surface area contributed by atoms with Crippen LogP contribution in [0.15, 0.2) is 77.7 Å². The molecule has 0 aliphatic carbocycles. The number of nitrogens with zero attached hydrogens (tertiary/aromatic N) is 1. The van der Waals surface area contributed by atoms with E-state index in [-0.39, 0.29) is 10.9 Å². The second-order valence-electron chi connectivity index (χ2n) is 8.84. The Balaban J connectivity index is 1.31. The van der Waals surface area contributed by atoms with Gasteiger partial charge in [0.2, 0.25) is 0 Å². The number of hydrogen-bond donors (Lipinski definition) is 3. The number of benzene rings is 3. The average molecular weight is 462 g/mol. The molecule has 0 unspecified atom stereocenters. The minimum absolute atomic E-state index is 0.0574. The fourth-order valence-electron chi connectivity index (χ4n) is 4.62. The summed E-state index contributed by atoms with van der Waals surface area (Å²) in [6.45, 7) is 0. The van der Waals surface area contributed by atoms with Crippen molar-refractivity contribution in [2.75, 3.05) is 6.26 Å². The van der Waals surface area contributed by atoms with Crippen LogP contribution in [0.4, 0.5) is 0 Å². The van der Waals surface area contributed by atoms with E-state index in [2.05, 4.69) is 27.4 Å². The molecular formula is C26H27N3O3S. The van der Waals surface area contributed by atoms with Gasteiger partial charge in [-0.05, 0) is 54.7 Å². The van der Waals surface area contributed by atoms with Crippen molar-refractivity contribution in [1.29, 1.82) is 0 Å². The Morgan fingerprint density at radius 2 is 1.85 bits per heavy atom. The number of aliphatic hydroxyl groups is 1. The Morgan fingerprint density at radius 1 is 1.03 bits per heavy atom. The minimum Gasteiger partial charge on any atom is -0.387 e. The first-order chi connectivity index (χ1) is 15.9. The quantitative estimate of drug-likeness (QED) is 0.403. The number of aromatic amines is 1. The van der Waals surface area contributed by atoms with Crippen molar-refractivity contribution in [3.8, 4) is 11.4 Å². The van der Waals surface area contributed by atoms with Crippen LogP contribution in [0.25, 0.3) is 22.4 Å². The zero-order valence-electron chi connectivity index (χ0n) is 18.4. The van der Waals surface area contributed by atoms with Gasteiger partial charge in [0, 0.05) is 23.9 Å². The molecule has 33 heavy (non-hydrogen) atoms. The maximum absolute atomic E-state index is 11.9. The van der Waals surface area contributed by atoms with Gasteiger partial charge >= 0.3 is 0 Å². The SMILES string of the molecule is CS(=O)(=O)c1cccc(-c2nc3ccc(C[C@@H]4CC[C@H]([C@H](O)c5ccccc5)N4)cc3[nH]2)c1. The molecule has 3 N–H and O–H groups in total. The highest BCUT2D eigenvalue weighted by Gasteiger charge is 2.29. The molecule has 0 spiro atoms. The fraction of sp³-hybridized carbons (Fsp3) is 0.269. The van der Waals surface area contributed by atoms with Gasteiger partial charge in [0.1, 0.15) is 5.82 Å². The molecule has 3 aromatic carbocycles. The van der Waals surface area contributed by atoms with Crippen LogP contribution in [0.2, 0.25) is 0 Å². The number of nitrogens with one attached hydrogen (secondary N) is 2. The van der Waals surface area contributed by atoms with Crippen LogP contribution in [0.5, 0.6) is 0 Å². The van der Waals surface area contributed by atoms with Crippen LogP contribution in [0.3, 0.4) is 0 Å². The van der Waals surface area contributed by atoms with E-state index in [9.17, 15) is 13.5 Å². The number of sulfone groups is 1. The molecule has 0 radical (unpaired) electrons. The van der Waals surface area contributed by atoms with Crippen molar-refractivity contribution in [2.45, 2.75) is 42.3 Å². The van der Waals surface area contributed by atoms with Gasteiger partial charge in [-0.1, -0.05) is 48.5 Å². The number of aromatic nitrogens is 2. The third kappa shape index (κ3) is 4.71. The van der Waals surface area contributed by atoms with E-state index in [0.29, 0.717) is 11.9 Å². The summed E-state index contributed by atoms with van der Waals surface area (Å²) in [5.74, 6) is 0.651. The second-order valence-corrected chi connectivity index (χ2v) is 10.9. The van der Waals surface area contributed by atoms with Crippen molar-refractivity contribution in [3.05, 3.63) is 83.9 Å². The predicted molar refractivity (Wildman–Crippen MR) is 130 cm³/mol. The molecule has 1 aromatic heterocycles. The monoisotopic (exact) mass is 461 g/mol. The van der Waals surface area contributed by atoms with E-state index >= 15 is 0 Å². The van der Waals surface area contributed by atoms with Gasteiger partial charge in [0.05, 0.1) is 22.0 Å². The van der Waals surface area contributed by atoms with Gasteiger partial charge in [-0.25, -0.2) is 13.4 Å². The van der Waals surface area contributed by atoms with Gasteiger partial charge in [-0.3, -0.25) is 0 Å². The highest BCUT2D eigenvalue weighted by Crippen LogP contribution is 2.28. The maximum atomic E-state index is 11.9. The minimum atomic E-state index is -3.28. The average Bonchev–Trinajstić information content (AvgIpc) is 3.46. The summed E-state index contributed by atoms with van der Waals surface area (Å²) >= 11 is 0. The van der Waals surface area contributed by atoms with Gasteiger partial charge in [0.15, 0.2) is 9.84 Å². The number of imidazole rings is 1. The highest BCUT2D eigenvalue weighted by molar-refractivity contribution is 7.90. The van der Waals surface area contributed by atoms with Crippen LogP contribution in [0.1, 0.15) is 30.1 Å². The predicted octanol–water partition coefficient (Wildman–Crippen LogP) is 4.03. The summed E-state index contributed by atoms with van der Waals surface area (Å²) in [6, 6.07) is 23.2. The molecule has 0 bridgehead atoms. The maximum Gasteiger partial charge on any atom is 0.175 e. The lowest BCUT2D eigenvalue weighted by molar-refractivity contribution is 0.135. The summed E-state index contributed by atoms with van der Waals surface area (Å²) in [5.41, 5.74) is 4.64. The Hall–Kier alpha value is -3.00. The molecule has 1 aliphatic heterocycles. The first-order valence-electron chi connectivity index (χ1n) is 11.1. The molecule has 6 nitrogen and oxygen atoms in total. The van der Waals surface area contributed by atoms with E-state index < -0.39 is 15.9 Å². The zero-order chi connectivity index (χ0) is 23.0. The number of H-pyrrole nitrogens is 1. The van der Waals surface area contributed by atoms with Crippen LogP contribution in [0, 0.1) is 0 Å². The van der Waals surface area contributed by atoms with Crippen LogP contribution >= 0.6 is 0 Å². The second kappa shape index (κ2) is 8.74. The van der Waals surface area contributed by atoms with Crippen molar-refractivity contribution in [1.82, 2.24) is 15.3 Å². The number of fused-ring (bicyclic) bond motifs is 1. The number of rotatable bonds is 6. The molecule has 1 fully saturated rings. The van der Waals surface area contributed by atoms with Gasteiger partial charge < -0.3 is 15.4 Å². The van der Waals surface area contributed by atoms with E-state index in [1.807, 2.05) is 42.5 Å². The van der Waals surface area contributed by atoms with E-state index in [1.165, 1.54) is 11.8 Å². The molecule has 1 saturated heterocycles. The zero-order valence-corrected chi connectivity index (χ0v) is 19.2. The number of hydrogen-bond acceptors (Lipinski definition) is 5. The normalized spacial score (nSPS) is 19.7. The first-order valence-corrected chi connectivity index (χ1v) is 13.0. The number of aliphatic hydroxyl groups excluding tert-OH is 1. The lowest BCUT2D eigenvalue weighted by atomic mass is 10.0. The Kier molecular flexibility index (Phi) is 5.78. The molecule has 170 valence electrons. The lowest BCUT2D eigenvalue weighted by Gasteiger charge is -2.20. The van der Waals surface area contributed by atoms with Crippen molar-refractivity contribution < 1.29 is 13.5 Å². The Bertz CT molecular complexity index is 1380. The summed E-state index contributed by atoms with van der Waals surface area (Å²) in [4.78, 5) is 8.27. The Morgan fingerprint density at radius 3 is 2.64 bits per heavy atom. The Labute approximate surface area is 193 Å².